The van der Waals surface area contributed by atoms with Gasteiger partial charge in [-0.25, -0.2) is 4.79 Å². The maximum atomic E-state index is 12.6. The van der Waals surface area contributed by atoms with Crippen molar-refractivity contribution in [3.63, 3.8) is 0 Å². The van der Waals surface area contributed by atoms with Crippen LogP contribution in [-0.4, -0.2) is 47.3 Å². The van der Waals surface area contributed by atoms with Crippen molar-refractivity contribution in [2.45, 2.75) is 6.92 Å². The largest absolute Gasteiger partial charge is 0.352 e. The Morgan fingerprint density at radius 2 is 1.71 bits per heavy atom. The number of rotatable bonds is 3. The normalized spacial score (nSPS) is 13.9. The van der Waals surface area contributed by atoms with Crippen molar-refractivity contribution in [2.75, 3.05) is 36.4 Å². The van der Waals surface area contributed by atoms with Gasteiger partial charge in [0.1, 0.15) is 0 Å². The summed E-state index contributed by atoms with van der Waals surface area (Å²) in [5, 5.41) is 13.3. The second-order valence-corrected chi connectivity index (χ2v) is 8.47. The fraction of sp³-hybridized carbons (Fsp3) is 0.227. The number of nitrogens with zero attached hydrogens (tertiary/aromatic N) is 4. The SMILES string of the molecule is Cc1c(Cl)cccc1NC(=O)N1CCN(c2ccc(-c3ccc(Cl)cc3Cl)nn2)CC1. The molecule has 0 radical (unpaired) electrons. The van der Waals surface area contributed by atoms with Crippen LogP contribution in [0.4, 0.5) is 16.3 Å². The monoisotopic (exact) mass is 475 g/mol. The number of nitrogens with one attached hydrogen (secondary N) is 1. The summed E-state index contributed by atoms with van der Waals surface area (Å²) in [6.07, 6.45) is 0. The molecule has 0 aliphatic carbocycles. The topological polar surface area (TPSA) is 61.4 Å². The van der Waals surface area contributed by atoms with E-state index in [1.54, 1.807) is 23.1 Å². The van der Waals surface area contributed by atoms with Crippen LogP contribution in [0.15, 0.2) is 48.5 Å². The molecule has 2 heterocycles. The quantitative estimate of drug-likeness (QED) is 0.521. The number of carbonyl (C=O) groups is 1. The van der Waals surface area contributed by atoms with Gasteiger partial charge in [0.2, 0.25) is 0 Å². The number of urea groups is 1. The zero-order valence-electron chi connectivity index (χ0n) is 16.8. The molecule has 3 aromatic rings. The predicted octanol–water partition coefficient (Wildman–Crippen LogP) is 5.77. The van der Waals surface area contributed by atoms with Crippen molar-refractivity contribution < 1.29 is 4.79 Å². The minimum atomic E-state index is -0.135. The van der Waals surface area contributed by atoms with Gasteiger partial charge in [-0.2, -0.15) is 0 Å². The number of amides is 2. The van der Waals surface area contributed by atoms with Crippen LogP contribution in [0.2, 0.25) is 15.1 Å². The highest BCUT2D eigenvalue weighted by molar-refractivity contribution is 6.36. The van der Waals surface area contributed by atoms with Crippen LogP contribution < -0.4 is 10.2 Å². The maximum Gasteiger partial charge on any atom is 0.321 e. The highest BCUT2D eigenvalue weighted by atomic mass is 35.5. The summed E-state index contributed by atoms with van der Waals surface area (Å²) in [6, 6.07) is 14.4. The van der Waals surface area contributed by atoms with E-state index in [1.165, 1.54) is 0 Å². The van der Waals surface area contributed by atoms with E-state index < -0.39 is 0 Å². The molecule has 0 saturated carbocycles. The summed E-state index contributed by atoms with van der Waals surface area (Å²) in [5.74, 6) is 0.763. The van der Waals surface area contributed by atoms with Crippen molar-refractivity contribution in [1.29, 1.82) is 0 Å². The number of anilines is 2. The fourth-order valence-corrected chi connectivity index (χ4v) is 4.09. The molecule has 2 aromatic carbocycles. The van der Waals surface area contributed by atoms with Crippen LogP contribution in [0, 0.1) is 6.92 Å². The van der Waals surface area contributed by atoms with Gasteiger partial charge in [-0.15, -0.1) is 10.2 Å². The Bertz CT molecular complexity index is 1100. The molecule has 1 fully saturated rings. The lowest BCUT2D eigenvalue weighted by Gasteiger charge is -2.35. The van der Waals surface area contributed by atoms with Gasteiger partial charge >= 0.3 is 6.03 Å². The van der Waals surface area contributed by atoms with Gasteiger partial charge in [-0.05, 0) is 55.0 Å². The van der Waals surface area contributed by atoms with Crippen LogP contribution >= 0.6 is 34.8 Å². The van der Waals surface area contributed by atoms with Crippen molar-refractivity contribution in [3.8, 4) is 11.3 Å². The molecule has 31 heavy (non-hydrogen) atoms. The smallest absolute Gasteiger partial charge is 0.321 e. The van der Waals surface area contributed by atoms with Gasteiger partial charge in [-0.1, -0.05) is 40.9 Å². The van der Waals surface area contributed by atoms with Gasteiger partial charge in [-0.3, -0.25) is 0 Å². The first-order valence-electron chi connectivity index (χ1n) is 9.77. The summed E-state index contributed by atoms with van der Waals surface area (Å²) in [7, 11) is 0. The zero-order valence-corrected chi connectivity index (χ0v) is 19.0. The van der Waals surface area contributed by atoms with Gasteiger partial charge in [0.05, 0.1) is 10.7 Å². The Morgan fingerprint density at radius 1 is 0.935 bits per heavy atom. The Hall–Kier alpha value is -2.54. The van der Waals surface area contributed by atoms with Crippen molar-refractivity contribution in [2.24, 2.45) is 0 Å². The minimum Gasteiger partial charge on any atom is -0.352 e. The summed E-state index contributed by atoms with van der Waals surface area (Å²) in [6.45, 7) is 4.38. The lowest BCUT2D eigenvalue weighted by molar-refractivity contribution is 0.208. The van der Waals surface area contributed by atoms with Gasteiger partial charge in [0.15, 0.2) is 5.82 Å². The standard InChI is InChI=1S/C22H20Cl3N5O/c1-14-17(24)3-2-4-19(14)26-22(31)30-11-9-29(10-12-30)21-8-7-20(27-28-21)16-6-5-15(23)13-18(16)25/h2-8,13H,9-12H2,1H3,(H,26,31). The van der Waals surface area contributed by atoms with Crippen molar-refractivity contribution in [1.82, 2.24) is 15.1 Å². The van der Waals surface area contributed by atoms with Crippen LogP contribution in [-0.2, 0) is 0 Å². The highest BCUT2D eigenvalue weighted by Crippen LogP contribution is 2.29. The molecule has 0 atom stereocenters. The summed E-state index contributed by atoms with van der Waals surface area (Å²) < 4.78 is 0. The zero-order chi connectivity index (χ0) is 22.0. The van der Waals surface area contributed by atoms with E-state index in [0.717, 1.165) is 22.6 Å². The molecular weight excluding hydrogens is 457 g/mol. The average molecular weight is 477 g/mol. The minimum absolute atomic E-state index is 0.135. The molecule has 1 saturated heterocycles. The third-order valence-electron chi connectivity index (χ3n) is 5.26. The third kappa shape index (κ3) is 4.87. The molecule has 160 valence electrons. The molecule has 1 aromatic heterocycles. The number of hydrogen-bond acceptors (Lipinski definition) is 4. The molecule has 6 nitrogen and oxygen atoms in total. The first kappa shape index (κ1) is 21.7. The lowest BCUT2D eigenvalue weighted by Crippen LogP contribution is -2.50. The van der Waals surface area contributed by atoms with E-state index in [1.807, 2.05) is 37.3 Å². The van der Waals surface area contributed by atoms with Crippen LogP contribution in [0.25, 0.3) is 11.3 Å². The Morgan fingerprint density at radius 3 is 2.39 bits per heavy atom. The number of halogens is 3. The summed E-state index contributed by atoms with van der Waals surface area (Å²) in [5.41, 5.74) is 3.04. The molecular formula is C22H20Cl3N5O. The number of hydrogen-bond donors (Lipinski definition) is 1. The first-order chi connectivity index (χ1) is 14.9. The third-order valence-corrected chi connectivity index (χ3v) is 6.21. The first-order valence-corrected chi connectivity index (χ1v) is 10.9. The molecule has 0 unspecified atom stereocenters. The Balaban J connectivity index is 1.37. The molecule has 0 bridgehead atoms. The molecule has 0 spiro atoms. The molecule has 1 aliphatic heterocycles. The van der Waals surface area contributed by atoms with E-state index in [9.17, 15) is 4.79 Å². The Labute approximate surface area is 195 Å². The van der Waals surface area contributed by atoms with E-state index >= 15 is 0 Å². The van der Waals surface area contributed by atoms with E-state index in [0.29, 0.717) is 46.9 Å². The summed E-state index contributed by atoms with van der Waals surface area (Å²) in [4.78, 5) is 16.5. The molecule has 1 N–H and O–H groups in total. The average Bonchev–Trinajstić information content (AvgIpc) is 2.77. The van der Waals surface area contributed by atoms with Crippen LogP contribution in [0.1, 0.15) is 5.56 Å². The van der Waals surface area contributed by atoms with E-state index in [2.05, 4.69) is 20.4 Å². The number of carbonyl (C=O) groups excluding carboxylic acids is 1. The fourth-order valence-electron chi connectivity index (χ4n) is 3.41. The predicted molar refractivity (Wildman–Crippen MR) is 126 cm³/mol. The number of piperazine rings is 1. The van der Waals surface area contributed by atoms with Crippen molar-refractivity contribution in [3.05, 3.63) is 69.2 Å². The molecule has 9 heteroatoms. The number of aromatic nitrogens is 2. The van der Waals surface area contributed by atoms with Gasteiger partial charge in [0.25, 0.3) is 0 Å². The number of benzene rings is 2. The van der Waals surface area contributed by atoms with Gasteiger partial charge < -0.3 is 15.1 Å². The highest BCUT2D eigenvalue weighted by Gasteiger charge is 2.23. The maximum absolute atomic E-state index is 12.6. The molecule has 4 rings (SSSR count). The molecule has 1 aliphatic rings. The lowest BCUT2D eigenvalue weighted by atomic mass is 10.1. The van der Waals surface area contributed by atoms with Crippen LogP contribution in [0.3, 0.4) is 0 Å². The van der Waals surface area contributed by atoms with E-state index in [-0.39, 0.29) is 6.03 Å². The van der Waals surface area contributed by atoms with Gasteiger partial charge in [0, 0.05) is 47.5 Å². The second kappa shape index (κ2) is 9.30. The molecule has 2 amide bonds. The van der Waals surface area contributed by atoms with Crippen molar-refractivity contribution >= 4 is 52.3 Å². The second-order valence-electron chi connectivity index (χ2n) is 7.22. The van der Waals surface area contributed by atoms with Crippen LogP contribution in [0.5, 0.6) is 0 Å². The Kier molecular flexibility index (Phi) is 6.51. The van der Waals surface area contributed by atoms with E-state index in [4.69, 9.17) is 34.8 Å². The summed E-state index contributed by atoms with van der Waals surface area (Å²) >= 11 is 18.4.